The van der Waals surface area contributed by atoms with Crippen LogP contribution in [0.2, 0.25) is 0 Å². The number of urea groups is 1. The predicted molar refractivity (Wildman–Crippen MR) is 80.6 cm³/mol. The number of hydrogen-bond acceptors (Lipinski definition) is 3. The van der Waals surface area contributed by atoms with E-state index in [-0.39, 0.29) is 19.0 Å². The summed E-state index contributed by atoms with van der Waals surface area (Å²) in [7, 11) is 1.42. The molecule has 0 heterocycles. The van der Waals surface area contributed by atoms with Crippen molar-refractivity contribution < 1.29 is 19.4 Å². The number of nitrogens with one attached hydrogen (secondary N) is 2. The van der Waals surface area contributed by atoms with Crippen molar-refractivity contribution in [1.82, 2.24) is 5.32 Å². The maximum absolute atomic E-state index is 11.8. The minimum absolute atomic E-state index is 0.137. The van der Waals surface area contributed by atoms with Crippen LogP contribution in [0.4, 0.5) is 10.5 Å². The SMILES string of the molecule is COC(CNC(=O)Nc1cccc(C(C)C)c1)CC(=O)O. The Kier molecular flexibility index (Phi) is 6.68. The summed E-state index contributed by atoms with van der Waals surface area (Å²) in [6.45, 7) is 4.29. The summed E-state index contributed by atoms with van der Waals surface area (Å²) < 4.78 is 4.99. The molecule has 0 saturated carbocycles. The number of carbonyl (C=O) groups is 2. The molecule has 0 spiro atoms. The number of carbonyl (C=O) groups excluding carboxylic acids is 1. The molecule has 1 atom stereocenters. The molecule has 0 fully saturated rings. The largest absolute Gasteiger partial charge is 0.481 e. The van der Waals surface area contributed by atoms with Crippen molar-refractivity contribution in [3.8, 4) is 0 Å². The van der Waals surface area contributed by atoms with E-state index in [1.54, 1.807) is 6.07 Å². The second-order valence-electron chi connectivity index (χ2n) is 5.07. The highest BCUT2D eigenvalue weighted by Gasteiger charge is 2.13. The number of amides is 2. The van der Waals surface area contributed by atoms with E-state index in [0.29, 0.717) is 11.6 Å². The fourth-order valence-electron chi connectivity index (χ4n) is 1.79. The topological polar surface area (TPSA) is 87.7 Å². The molecule has 116 valence electrons. The zero-order valence-corrected chi connectivity index (χ0v) is 12.6. The maximum Gasteiger partial charge on any atom is 0.319 e. The third-order valence-corrected chi connectivity index (χ3v) is 3.04. The fourth-order valence-corrected chi connectivity index (χ4v) is 1.79. The predicted octanol–water partition coefficient (Wildman–Crippen LogP) is 2.42. The maximum atomic E-state index is 11.8. The normalized spacial score (nSPS) is 12.0. The van der Waals surface area contributed by atoms with Crippen LogP contribution in [-0.4, -0.2) is 36.9 Å². The van der Waals surface area contributed by atoms with Crippen LogP contribution < -0.4 is 10.6 Å². The average molecular weight is 294 g/mol. The Morgan fingerprint density at radius 3 is 2.62 bits per heavy atom. The average Bonchev–Trinajstić information content (AvgIpc) is 2.43. The standard InChI is InChI=1S/C15H22N2O4/c1-10(2)11-5-4-6-12(7-11)17-15(20)16-9-13(21-3)8-14(18)19/h4-7,10,13H,8-9H2,1-3H3,(H,18,19)(H2,16,17,20). The number of carboxylic acid groups (broad SMARTS) is 1. The van der Waals surface area contributed by atoms with Gasteiger partial charge in [0, 0.05) is 19.3 Å². The molecule has 0 radical (unpaired) electrons. The number of aliphatic carboxylic acids is 1. The van der Waals surface area contributed by atoms with E-state index in [1.165, 1.54) is 7.11 Å². The minimum atomic E-state index is -0.964. The van der Waals surface area contributed by atoms with Gasteiger partial charge in [-0.2, -0.15) is 0 Å². The van der Waals surface area contributed by atoms with Gasteiger partial charge in [0.2, 0.25) is 0 Å². The first-order valence-electron chi connectivity index (χ1n) is 6.81. The Morgan fingerprint density at radius 1 is 1.33 bits per heavy atom. The van der Waals surface area contributed by atoms with Crippen molar-refractivity contribution in [3.63, 3.8) is 0 Å². The van der Waals surface area contributed by atoms with E-state index in [4.69, 9.17) is 9.84 Å². The van der Waals surface area contributed by atoms with Crippen molar-refractivity contribution >= 4 is 17.7 Å². The molecule has 21 heavy (non-hydrogen) atoms. The van der Waals surface area contributed by atoms with E-state index in [9.17, 15) is 9.59 Å². The van der Waals surface area contributed by atoms with Gasteiger partial charge in [0.1, 0.15) is 0 Å². The van der Waals surface area contributed by atoms with E-state index < -0.39 is 12.1 Å². The Labute approximate surface area is 124 Å². The van der Waals surface area contributed by atoms with Gasteiger partial charge in [-0.05, 0) is 23.6 Å². The Bertz CT molecular complexity index is 488. The lowest BCUT2D eigenvalue weighted by Crippen LogP contribution is -2.37. The van der Waals surface area contributed by atoms with Crippen LogP contribution in [-0.2, 0) is 9.53 Å². The molecule has 0 saturated heterocycles. The lowest BCUT2D eigenvalue weighted by Gasteiger charge is -2.15. The van der Waals surface area contributed by atoms with Gasteiger partial charge in [0.05, 0.1) is 12.5 Å². The first-order valence-corrected chi connectivity index (χ1v) is 6.81. The molecule has 1 aromatic rings. The molecule has 6 heteroatoms. The first kappa shape index (κ1) is 17.0. The summed E-state index contributed by atoms with van der Waals surface area (Å²) in [6.07, 6.45) is -0.699. The summed E-state index contributed by atoms with van der Waals surface area (Å²) in [5.74, 6) is -0.586. The molecule has 1 unspecified atom stereocenters. The summed E-state index contributed by atoms with van der Waals surface area (Å²) >= 11 is 0. The molecule has 0 aromatic heterocycles. The smallest absolute Gasteiger partial charge is 0.319 e. The van der Waals surface area contributed by atoms with Crippen LogP contribution in [0, 0.1) is 0 Å². The van der Waals surface area contributed by atoms with Gasteiger partial charge in [-0.3, -0.25) is 4.79 Å². The van der Waals surface area contributed by atoms with Gasteiger partial charge in [-0.1, -0.05) is 26.0 Å². The minimum Gasteiger partial charge on any atom is -0.481 e. The van der Waals surface area contributed by atoms with Gasteiger partial charge in [-0.15, -0.1) is 0 Å². The molecule has 0 aliphatic rings. The molecular formula is C15H22N2O4. The van der Waals surface area contributed by atoms with Crippen molar-refractivity contribution in [3.05, 3.63) is 29.8 Å². The zero-order chi connectivity index (χ0) is 15.8. The van der Waals surface area contributed by atoms with Crippen LogP contribution in [0.1, 0.15) is 31.7 Å². The summed E-state index contributed by atoms with van der Waals surface area (Å²) in [6, 6.07) is 7.21. The zero-order valence-electron chi connectivity index (χ0n) is 12.6. The highest BCUT2D eigenvalue weighted by Crippen LogP contribution is 2.18. The van der Waals surface area contributed by atoms with E-state index in [2.05, 4.69) is 24.5 Å². The summed E-state index contributed by atoms with van der Waals surface area (Å²) in [5.41, 5.74) is 1.83. The monoisotopic (exact) mass is 294 g/mol. The number of anilines is 1. The number of carboxylic acids is 1. The highest BCUT2D eigenvalue weighted by molar-refractivity contribution is 5.89. The van der Waals surface area contributed by atoms with E-state index in [1.807, 2.05) is 18.2 Å². The fraction of sp³-hybridized carbons (Fsp3) is 0.467. The lowest BCUT2D eigenvalue weighted by molar-refractivity contribution is -0.139. The van der Waals surface area contributed by atoms with Crippen molar-refractivity contribution in [2.24, 2.45) is 0 Å². The Balaban J connectivity index is 2.50. The van der Waals surface area contributed by atoms with Crippen molar-refractivity contribution in [1.29, 1.82) is 0 Å². The molecule has 2 amide bonds. The lowest BCUT2D eigenvalue weighted by atomic mass is 10.0. The van der Waals surface area contributed by atoms with Crippen molar-refractivity contribution in [2.45, 2.75) is 32.3 Å². The van der Waals surface area contributed by atoms with Gasteiger partial charge < -0.3 is 20.5 Å². The number of ether oxygens (including phenoxy) is 1. The number of methoxy groups -OCH3 is 1. The van der Waals surface area contributed by atoms with Crippen LogP contribution >= 0.6 is 0 Å². The van der Waals surface area contributed by atoms with Crippen LogP contribution in [0.5, 0.6) is 0 Å². The van der Waals surface area contributed by atoms with Crippen molar-refractivity contribution in [2.75, 3.05) is 19.0 Å². The summed E-state index contributed by atoms with van der Waals surface area (Å²) in [5, 5.41) is 14.0. The number of hydrogen-bond donors (Lipinski definition) is 3. The number of benzene rings is 1. The highest BCUT2D eigenvalue weighted by atomic mass is 16.5. The Hall–Kier alpha value is -2.08. The molecule has 1 rings (SSSR count). The van der Waals surface area contributed by atoms with Crippen LogP contribution in [0.15, 0.2) is 24.3 Å². The number of rotatable bonds is 7. The third kappa shape index (κ3) is 6.27. The second-order valence-corrected chi connectivity index (χ2v) is 5.07. The molecular weight excluding hydrogens is 272 g/mol. The van der Waals surface area contributed by atoms with Crippen LogP contribution in [0.3, 0.4) is 0 Å². The van der Waals surface area contributed by atoms with Gasteiger partial charge in [0.25, 0.3) is 0 Å². The summed E-state index contributed by atoms with van der Waals surface area (Å²) in [4.78, 5) is 22.4. The molecule has 0 aliphatic carbocycles. The quantitative estimate of drug-likeness (QED) is 0.720. The third-order valence-electron chi connectivity index (χ3n) is 3.04. The molecule has 0 bridgehead atoms. The van der Waals surface area contributed by atoms with Crippen LogP contribution in [0.25, 0.3) is 0 Å². The first-order chi connectivity index (χ1) is 9.92. The molecule has 0 aliphatic heterocycles. The molecule has 3 N–H and O–H groups in total. The van der Waals surface area contributed by atoms with Gasteiger partial charge >= 0.3 is 12.0 Å². The molecule has 1 aromatic carbocycles. The van der Waals surface area contributed by atoms with Gasteiger partial charge in [0.15, 0.2) is 0 Å². The van der Waals surface area contributed by atoms with E-state index >= 15 is 0 Å². The second kappa shape index (κ2) is 8.26. The van der Waals surface area contributed by atoms with E-state index in [0.717, 1.165) is 5.56 Å². The van der Waals surface area contributed by atoms with Gasteiger partial charge in [-0.25, -0.2) is 4.79 Å². The Morgan fingerprint density at radius 2 is 2.05 bits per heavy atom. The molecule has 6 nitrogen and oxygen atoms in total.